The molecule has 8 rings (SSSR count). The van der Waals surface area contributed by atoms with Crippen molar-refractivity contribution in [1.29, 1.82) is 0 Å². The number of thiophene rings is 1. The highest BCUT2D eigenvalue weighted by atomic mass is 32.1. The van der Waals surface area contributed by atoms with Gasteiger partial charge >= 0.3 is 0 Å². The number of carbonyl (C=O) groups is 2. The van der Waals surface area contributed by atoms with E-state index in [1.165, 1.54) is 49.9 Å². The van der Waals surface area contributed by atoms with E-state index in [-0.39, 0.29) is 17.6 Å². The Balaban J connectivity index is 0.920. The van der Waals surface area contributed by atoms with Gasteiger partial charge in [-0.1, -0.05) is 12.1 Å². The highest BCUT2D eigenvalue weighted by Gasteiger charge is 2.50. The third kappa shape index (κ3) is 5.00. The Labute approximate surface area is 240 Å². The molecule has 3 aromatic rings. The molecule has 4 aliphatic carbocycles. The van der Waals surface area contributed by atoms with Crippen LogP contribution in [0.1, 0.15) is 58.6 Å². The zero-order chi connectivity index (χ0) is 27.3. The molecular weight excluding hydrogens is 518 g/mol. The molecule has 1 aromatic heterocycles. The van der Waals surface area contributed by atoms with Gasteiger partial charge in [0.2, 0.25) is 0 Å². The molecule has 0 radical (unpaired) electrons. The monoisotopic (exact) mass is 555 g/mol. The number of nitrogens with one attached hydrogen (secondary N) is 1. The summed E-state index contributed by atoms with van der Waals surface area (Å²) in [7, 11) is 0. The number of hydrogen-bond acceptors (Lipinski definition) is 5. The fraction of sp³-hybridized carbons (Fsp3) is 0.455. The number of phenolic OH excluding ortho intramolecular Hbond substituents is 1. The minimum atomic E-state index is 0.0405. The van der Waals surface area contributed by atoms with E-state index in [1.807, 2.05) is 52.7 Å². The van der Waals surface area contributed by atoms with Crippen molar-refractivity contribution in [1.82, 2.24) is 10.2 Å². The Bertz CT molecular complexity index is 1370. The van der Waals surface area contributed by atoms with E-state index in [0.717, 1.165) is 64.6 Å². The lowest BCUT2D eigenvalue weighted by atomic mass is 9.49. The first kappa shape index (κ1) is 25.6. The van der Waals surface area contributed by atoms with Crippen LogP contribution in [0.2, 0.25) is 0 Å². The van der Waals surface area contributed by atoms with E-state index >= 15 is 0 Å². The van der Waals surface area contributed by atoms with Gasteiger partial charge in [0.1, 0.15) is 5.75 Å². The van der Waals surface area contributed by atoms with Crippen molar-refractivity contribution in [3.05, 3.63) is 70.4 Å². The number of benzene rings is 2. The fourth-order valence-electron chi connectivity index (χ4n) is 8.31. The molecule has 6 nitrogen and oxygen atoms in total. The quantitative estimate of drug-likeness (QED) is 0.390. The van der Waals surface area contributed by atoms with Crippen LogP contribution in [0.4, 0.5) is 5.69 Å². The zero-order valence-corrected chi connectivity index (χ0v) is 23.7. The largest absolute Gasteiger partial charge is 0.508 e. The Morgan fingerprint density at radius 3 is 2.20 bits per heavy atom. The Morgan fingerprint density at radius 1 is 0.875 bits per heavy atom. The lowest BCUT2D eigenvalue weighted by Gasteiger charge is -2.56. The second kappa shape index (κ2) is 10.3. The molecule has 2 aromatic carbocycles. The van der Waals surface area contributed by atoms with Gasteiger partial charge in [-0.05, 0) is 121 Å². The van der Waals surface area contributed by atoms with Gasteiger partial charge in [0.25, 0.3) is 11.8 Å². The predicted molar refractivity (Wildman–Crippen MR) is 159 cm³/mol. The molecule has 40 heavy (non-hydrogen) atoms. The maximum Gasteiger partial charge on any atom is 0.264 e. The Morgan fingerprint density at radius 2 is 1.55 bits per heavy atom. The first-order valence-electron chi connectivity index (χ1n) is 14.7. The van der Waals surface area contributed by atoms with E-state index in [1.54, 1.807) is 12.1 Å². The summed E-state index contributed by atoms with van der Waals surface area (Å²) in [6.07, 6.45) is 8.18. The van der Waals surface area contributed by atoms with Gasteiger partial charge in [0.15, 0.2) is 0 Å². The Hall–Kier alpha value is -3.32. The number of piperazine rings is 1. The smallest absolute Gasteiger partial charge is 0.264 e. The van der Waals surface area contributed by atoms with Gasteiger partial charge in [-0.15, -0.1) is 11.3 Å². The molecule has 4 saturated carbocycles. The van der Waals surface area contributed by atoms with Gasteiger partial charge < -0.3 is 20.2 Å². The van der Waals surface area contributed by atoms with Crippen molar-refractivity contribution in [3.8, 4) is 16.9 Å². The average Bonchev–Trinajstić information content (AvgIpc) is 3.46. The lowest BCUT2D eigenvalue weighted by Crippen LogP contribution is -2.51. The zero-order valence-electron chi connectivity index (χ0n) is 22.9. The second-order valence-electron chi connectivity index (χ2n) is 12.7. The molecule has 5 aliphatic rings. The summed E-state index contributed by atoms with van der Waals surface area (Å²) in [5, 5.41) is 15.0. The van der Waals surface area contributed by atoms with Crippen LogP contribution in [0.25, 0.3) is 11.1 Å². The fourth-order valence-corrected chi connectivity index (χ4v) is 9.19. The van der Waals surface area contributed by atoms with E-state index in [0.29, 0.717) is 18.5 Å². The van der Waals surface area contributed by atoms with Crippen LogP contribution < -0.4 is 10.2 Å². The van der Waals surface area contributed by atoms with Crippen molar-refractivity contribution in [3.63, 3.8) is 0 Å². The predicted octanol–water partition coefficient (Wildman–Crippen LogP) is 6.03. The van der Waals surface area contributed by atoms with Crippen molar-refractivity contribution in [2.45, 2.75) is 38.5 Å². The Kier molecular flexibility index (Phi) is 6.57. The van der Waals surface area contributed by atoms with Gasteiger partial charge in [-0.25, -0.2) is 0 Å². The molecule has 2 N–H and O–H groups in total. The summed E-state index contributed by atoms with van der Waals surface area (Å²) in [6, 6.07) is 17.0. The summed E-state index contributed by atoms with van der Waals surface area (Å²) >= 11 is 1.45. The summed E-state index contributed by atoms with van der Waals surface area (Å²) in [5.74, 6) is 3.00. The second-order valence-corrected chi connectivity index (χ2v) is 13.6. The summed E-state index contributed by atoms with van der Waals surface area (Å²) in [4.78, 5) is 31.1. The molecule has 0 spiro atoms. The van der Waals surface area contributed by atoms with E-state index < -0.39 is 0 Å². The van der Waals surface area contributed by atoms with Crippen molar-refractivity contribution in [2.75, 3.05) is 37.6 Å². The van der Waals surface area contributed by atoms with Crippen LogP contribution in [0.3, 0.4) is 0 Å². The highest BCUT2D eigenvalue weighted by molar-refractivity contribution is 7.12. The average molecular weight is 556 g/mol. The summed E-state index contributed by atoms with van der Waals surface area (Å²) in [6.45, 7) is 3.66. The van der Waals surface area contributed by atoms with Crippen molar-refractivity contribution >= 4 is 28.8 Å². The molecular formula is C33H37N3O3S. The van der Waals surface area contributed by atoms with Crippen LogP contribution in [-0.4, -0.2) is 54.5 Å². The molecule has 7 heteroatoms. The van der Waals surface area contributed by atoms with Gasteiger partial charge in [-0.3, -0.25) is 9.59 Å². The van der Waals surface area contributed by atoms with Crippen LogP contribution in [-0.2, 0) is 0 Å². The molecule has 0 unspecified atom stereocenters. The molecule has 1 saturated heterocycles. The number of amides is 2. The van der Waals surface area contributed by atoms with E-state index in [9.17, 15) is 14.7 Å². The SMILES string of the molecule is O=C(NCC12CC3CC(CC(C3)C1)C2)c1ccc(N2CCN(C(=O)c3cc(-c4cccc(O)c4)cs3)CC2)cc1. The lowest BCUT2D eigenvalue weighted by molar-refractivity contribution is -0.0503. The number of hydrogen-bond donors (Lipinski definition) is 2. The number of carbonyl (C=O) groups excluding carboxylic acids is 2. The van der Waals surface area contributed by atoms with Gasteiger partial charge in [-0.2, -0.15) is 0 Å². The standard InChI is InChI=1S/C33H37N3O3S/c37-29-3-1-2-26(15-29)27-16-30(40-20-27)32(39)36-10-8-35(9-11-36)28-6-4-25(5-7-28)31(38)34-21-33-17-22-12-23(18-33)14-24(13-22)19-33/h1-7,15-16,20,22-24,37H,8-14,17-19,21H2,(H,34,38). The third-order valence-corrected chi connectivity index (χ3v) is 10.8. The maximum atomic E-state index is 13.2. The number of rotatable bonds is 6. The molecule has 5 fully saturated rings. The molecule has 2 amide bonds. The van der Waals surface area contributed by atoms with Crippen LogP contribution >= 0.6 is 11.3 Å². The number of anilines is 1. The highest BCUT2D eigenvalue weighted by Crippen LogP contribution is 2.59. The number of nitrogens with zero attached hydrogens (tertiary/aromatic N) is 2. The van der Waals surface area contributed by atoms with Gasteiger partial charge in [0, 0.05) is 44.0 Å². The normalized spacial score (nSPS) is 27.1. The molecule has 208 valence electrons. The maximum absolute atomic E-state index is 13.2. The summed E-state index contributed by atoms with van der Waals surface area (Å²) < 4.78 is 0. The minimum absolute atomic E-state index is 0.0405. The van der Waals surface area contributed by atoms with E-state index in [2.05, 4.69) is 10.2 Å². The first-order valence-corrected chi connectivity index (χ1v) is 15.6. The van der Waals surface area contributed by atoms with Crippen molar-refractivity contribution < 1.29 is 14.7 Å². The van der Waals surface area contributed by atoms with E-state index in [4.69, 9.17) is 0 Å². The third-order valence-electron chi connectivity index (χ3n) is 9.84. The summed E-state index contributed by atoms with van der Waals surface area (Å²) in [5.41, 5.74) is 4.01. The van der Waals surface area contributed by atoms with Crippen LogP contribution in [0.5, 0.6) is 5.75 Å². The van der Waals surface area contributed by atoms with Crippen LogP contribution in [0, 0.1) is 23.2 Å². The first-order chi connectivity index (χ1) is 19.4. The van der Waals surface area contributed by atoms with Crippen molar-refractivity contribution in [2.24, 2.45) is 23.2 Å². The number of phenols is 1. The molecule has 2 heterocycles. The van der Waals surface area contributed by atoms with Crippen LogP contribution in [0.15, 0.2) is 60.0 Å². The minimum Gasteiger partial charge on any atom is -0.508 e. The molecule has 0 atom stereocenters. The topological polar surface area (TPSA) is 72.9 Å². The molecule has 1 aliphatic heterocycles. The number of aromatic hydroxyl groups is 1. The van der Waals surface area contributed by atoms with Gasteiger partial charge in [0.05, 0.1) is 4.88 Å². The molecule has 4 bridgehead atoms.